The highest BCUT2D eigenvalue weighted by atomic mass is 16.5. The van der Waals surface area contributed by atoms with Crippen LogP contribution < -0.4 is 10.1 Å². The number of benzene rings is 3. The molecule has 1 aliphatic rings. The summed E-state index contributed by atoms with van der Waals surface area (Å²) in [6.07, 6.45) is 0.986. The molecule has 0 fully saturated rings. The van der Waals surface area contributed by atoms with Crippen molar-refractivity contribution in [1.29, 1.82) is 0 Å². The van der Waals surface area contributed by atoms with E-state index in [2.05, 4.69) is 39.6 Å². The van der Waals surface area contributed by atoms with Crippen LogP contribution >= 0.6 is 0 Å². The molecule has 3 aromatic carbocycles. The number of carbonyl (C=O) groups is 1. The van der Waals surface area contributed by atoms with E-state index in [0.29, 0.717) is 37.6 Å². The van der Waals surface area contributed by atoms with Gasteiger partial charge in [0.2, 0.25) is 5.90 Å². The number of hydrogen-bond donors (Lipinski definition) is 2. The first-order valence-electron chi connectivity index (χ1n) is 13.5. The van der Waals surface area contributed by atoms with Gasteiger partial charge in [0.1, 0.15) is 11.9 Å². The minimum atomic E-state index is -1.22. The van der Waals surface area contributed by atoms with E-state index in [1.165, 1.54) is 5.56 Å². The maximum atomic E-state index is 13.9. The number of aliphatic hydroxyl groups excluding tert-OH is 1. The monoisotopic (exact) mass is 541 g/mol. The average Bonchev–Trinajstić information content (AvgIpc) is 3.30. The molecule has 3 aromatic rings. The molecule has 208 valence electrons. The lowest BCUT2D eigenvalue weighted by Gasteiger charge is -2.29. The minimum Gasteiger partial charge on any atom is -0.494 e. The van der Waals surface area contributed by atoms with Gasteiger partial charge in [-0.1, -0.05) is 59.2 Å². The molecular weight excluding hydrogens is 506 g/mol. The molecule has 0 saturated carbocycles. The Balaban J connectivity index is 1.61. The number of amides is 1. The average molecular weight is 542 g/mol. The lowest BCUT2D eigenvalue weighted by molar-refractivity contribution is -0.128. The number of aliphatic imine (C=N–C) groups is 1. The van der Waals surface area contributed by atoms with Gasteiger partial charge >= 0.3 is 0 Å². The maximum Gasteiger partial charge on any atom is 0.252 e. The molecule has 0 spiro atoms. The first-order chi connectivity index (χ1) is 19.4. The lowest BCUT2D eigenvalue weighted by atomic mass is 9.84. The fourth-order valence-corrected chi connectivity index (χ4v) is 4.65. The van der Waals surface area contributed by atoms with Crippen LogP contribution in [0.3, 0.4) is 0 Å². The normalized spacial score (nSPS) is 17.9. The van der Waals surface area contributed by atoms with Gasteiger partial charge in [0, 0.05) is 36.5 Å². The Morgan fingerprint density at radius 2 is 1.85 bits per heavy atom. The summed E-state index contributed by atoms with van der Waals surface area (Å²) in [6, 6.07) is 23.2. The third-order valence-corrected chi connectivity index (χ3v) is 7.03. The fraction of sp³-hybridized carbons (Fsp3) is 0.355. The zero-order valence-corrected chi connectivity index (χ0v) is 22.9. The largest absolute Gasteiger partial charge is 0.494 e. The molecule has 0 aliphatic carbocycles. The molecule has 9 heteroatoms. The zero-order chi connectivity index (χ0) is 28.4. The molecule has 0 aromatic heterocycles. The van der Waals surface area contributed by atoms with Gasteiger partial charge in [-0.25, -0.2) is 4.99 Å². The van der Waals surface area contributed by atoms with E-state index < -0.39 is 11.6 Å². The number of rotatable bonds is 13. The predicted molar refractivity (Wildman–Crippen MR) is 154 cm³/mol. The van der Waals surface area contributed by atoms with Crippen molar-refractivity contribution in [2.24, 2.45) is 10.1 Å². The first-order valence-corrected chi connectivity index (χ1v) is 13.5. The quantitative estimate of drug-likeness (QED) is 0.135. The third-order valence-electron chi connectivity index (χ3n) is 7.03. The highest BCUT2D eigenvalue weighted by Crippen LogP contribution is 2.34. The van der Waals surface area contributed by atoms with E-state index >= 15 is 0 Å². The lowest BCUT2D eigenvalue weighted by Crippen LogP contribution is -2.53. The van der Waals surface area contributed by atoms with Crippen molar-refractivity contribution in [3.63, 3.8) is 0 Å². The summed E-state index contributed by atoms with van der Waals surface area (Å²) in [4.78, 5) is 21.7. The van der Waals surface area contributed by atoms with Crippen LogP contribution in [0.25, 0.3) is 10.4 Å². The Labute approximate surface area is 234 Å². The van der Waals surface area contributed by atoms with E-state index in [4.69, 9.17) is 25.1 Å². The number of aryl methyl sites for hydroxylation is 1. The van der Waals surface area contributed by atoms with E-state index in [9.17, 15) is 4.79 Å². The van der Waals surface area contributed by atoms with E-state index in [0.717, 1.165) is 22.3 Å². The maximum absolute atomic E-state index is 13.9. The fourth-order valence-electron chi connectivity index (χ4n) is 4.65. The summed E-state index contributed by atoms with van der Waals surface area (Å²) in [6.45, 7) is 5.04. The van der Waals surface area contributed by atoms with Gasteiger partial charge in [0.05, 0.1) is 13.2 Å². The van der Waals surface area contributed by atoms with Crippen LogP contribution in [0, 0.1) is 6.92 Å². The van der Waals surface area contributed by atoms with Crippen molar-refractivity contribution in [2.45, 2.75) is 51.3 Å². The van der Waals surface area contributed by atoms with Crippen molar-refractivity contribution >= 4 is 11.8 Å². The van der Waals surface area contributed by atoms with Crippen LogP contribution in [0.5, 0.6) is 5.75 Å². The molecule has 2 atom stereocenters. The molecule has 40 heavy (non-hydrogen) atoms. The summed E-state index contributed by atoms with van der Waals surface area (Å²) in [5.41, 5.74) is 12.4. The summed E-state index contributed by atoms with van der Waals surface area (Å²) in [7, 11) is 0. The van der Waals surface area contributed by atoms with Crippen LogP contribution in [0.1, 0.15) is 41.2 Å². The number of hydrogen-bond acceptors (Lipinski definition) is 6. The van der Waals surface area contributed by atoms with Crippen molar-refractivity contribution in [3.05, 3.63) is 111 Å². The summed E-state index contributed by atoms with van der Waals surface area (Å²) < 4.78 is 11.9. The minimum absolute atomic E-state index is 0.0712. The van der Waals surface area contributed by atoms with Crippen LogP contribution in [0.15, 0.2) is 82.9 Å². The molecule has 0 saturated heterocycles. The Bertz CT molecular complexity index is 1370. The highest BCUT2D eigenvalue weighted by Gasteiger charge is 2.50. The Morgan fingerprint density at radius 3 is 2.55 bits per heavy atom. The van der Waals surface area contributed by atoms with Gasteiger partial charge in [-0.15, -0.1) is 0 Å². The Morgan fingerprint density at radius 1 is 1.12 bits per heavy atom. The van der Waals surface area contributed by atoms with Crippen LogP contribution in [0.4, 0.5) is 0 Å². The smallest absolute Gasteiger partial charge is 0.252 e. The molecular formula is C31H35N5O4. The van der Waals surface area contributed by atoms with Crippen molar-refractivity contribution in [3.8, 4) is 5.75 Å². The van der Waals surface area contributed by atoms with Gasteiger partial charge in [-0.05, 0) is 66.8 Å². The number of nitrogens with zero attached hydrogens (tertiary/aromatic N) is 4. The van der Waals surface area contributed by atoms with E-state index in [1.54, 1.807) is 0 Å². The standard InChI is InChI=1S/C31H35N5O4/c1-22-8-10-24(11-9-22)16-17-33-30(38)31(20-26-6-3-4-7-27(26)21-34-36-32)23(2)40-29(35-31)25-12-14-28(15-13-25)39-19-5-18-37/h3-4,6-15,23,37H,5,16-21H2,1-2H3,(H,33,38)/t23-,31-/m1/s1. The van der Waals surface area contributed by atoms with Crippen molar-refractivity contribution in [1.82, 2.24) is 5.32 Å². The summed E-state index contributed by atoms with van der Waals surface area (Å²) in [5, 5.41) is 15.8. The van der Waals surface area contributed by atoms with E-state index in [-0.39, 0.29) is 25.5 Å². The number of nitrogens with one attached hydrogen (secondary N) is 1. The van der Waals surface area contributed by atoms with Crippen LogP contribution in [-0.2, 0) is 28.9 Å². The molecule has 0 bridgehead atoms. The molecule has 0 radical (unpaired) electrons. The van der Waals surface area contributed by atoms with E-state index in [1.807, 2.05) is 62.4 Å². The van der Waals surface area contributed by atoms with Gasteiger partial charge in [-0.3, -0.25) is 4.79 Å². The molecule has 4 rings (SSSR count). The molecule has 9 nitrogen and oxygen atoms in total. The molecule has 1 heterocycles. The number of ether oxygens (including phenoxy) is 2. The SMILES string of the molecule is Cc1ccc(CCNC(=O)[C@]2(Cc3ccccc3CN=[N+]=[N-])N=C(c3ccc(OCCCO)cc3)O[C@@H]2C)cc1. The molecule has 1 aliphatic heterocycles. The number of carbonyl (C=O) groups excluding carboxylic acids is 1. The molecule has 1 amide bonds. The highest BCUT2D eigenvalue weighted by molar-refractivity contribution is 6.01. The van der Waals surface area contributed by atoms with Gasteiger partial charge < -0.3 is 19.9 Å². The second-order valence-electron chi connectivity index (χ2n) is 9.88. The summed E-state index contributed by atoms with van der Waals surface area (Å²) in [5.74, 6) is 0.844. The van der Waals surface area contributed by atoms with Gasteiger partial charge in [0.25, 0.3) is 5.91 Å². The zero-order valence-electron chi connectivity index (χ0n) is 22.9. The topological polar surface area (TPSA) is 129 Å². The van der Waals surface area contributed by atoms with Crippen LogP contribution in [0.2, 0.25) is 0 Å². The van der Waals surface area contributed by atoms with Gasteiger partial charge in [-0.2, -0.15) is 0 Å². The van der Waals surface area contributed by atoms with Crippen molar-refractivity contribution in [2.75, 3.05) is 19.8 Å². The third kappa shape index (κ3) is 7.00. The summed E-state index contributed by atoms with van der Waals surface area (Å²) >= 11 is 0. The van der Waals surface area contributed by atoms with Crippen LogP contribution in [-0.4, -0.2) is 48.3 Å². The molecule has 0 unspecified atom stereocenters. The second kappa shape index (κ2) is 13.6. The Hall–Kier alpha value is -4.33. The van der Waals surface area contributed by atoms with Gasteiger partial charge in [0.15, 0.2) is 5.54 Å². The first kappa shape index (κ1) is 28.7. The predicted octanol–water partition coefficient (Wildman–Crippen LogP) is 5.07. The number of aliphatic hydroxyl groups is 1. The van der Waals surface area contributed by atoms with Crippen molar-refractivity contribution < 1.29 is 19.4 Å². The second-order valence-corrected chi connectivity index (χ2v) is 9.88. The Kier molecular flexibility index (Phi) is 9.78. The molecule has 2 N–H and O–H groups in total. The number of azide groups is 1.